The first kappa shape index (κ1) is 11.6. The Hall–Kier alpha value is -1.52. The first-order valence-corrected chi connectivity index (χ1v) is 4.98. The van der Waals surface area contributed by atoms with Crippen LogP contribution in [0.25, 0.3) is 0 Å². The number of carboxylic acid groups (broad SMARTS) is 1. The van der Waals surface area contributed by atoms with Crippen molar-refractivity contribution >= 4 is 12.0 Å². The van der Waals surface area contributed by atoms with Crippen molar-refractivity contribution in [3.63, 3.8) is 0 Å². The fraction of sp³-hybridized carbons (Fsp3) is 0.600. The van der Waals surface area contributed by atoms with Gasteiger partial charge >= 0.3 is 12.0 Å². The Morgan fingerprint density at radius 2 is 2.27 bits per heavy atom. The summed E-state index contributed by atoms with van der Waals surface area (Å²) in [4.78, 5) is 23.0. The average molecular weight is 212 g/mol. The minimum absolute atomic E-state index is 0.138. The van der Waals surface area contributed by atoms with Crippen LogP contribution in [-0.2, 0) is 4.79 Å². The number of aliphatic carboxylic acids is 1. The lowest BCUT2D eigenvalue weighted by Crippen LogP contribution is -2.45. The van der Waals surface area contributed by atoms with E-state index in [1.54, 1.807) is 0 Å². The molecule has 0 radical (unpaired) electrons. The molecule has 0 saturated carbocycles. The van der Waals surface area contributed by atoms with Crippen LogP contribution in [0.4, 0.5) is 4.79 Å². The molecule has 2 amide bonds. The van der Waals surface area contributed by atoms with Crippen LogP contribution in [0.2, 0.25) is 0 Å². The van der Waals surface area contributed by atoms with Crippen LogP contribution in [0, 0.1) is 0 Å². The van der Waals surface area contributed by atoms with E-state index in [1.807, 2.05) is 6.08 Å². The van der Waals surface area contributed by atoms with Gasteiger partial charge in [0.2, 0.25) is 0 Å². The molecule has 5 heteroatoms. The van der Waals surface area contributed by atoms with E-state index < -0.39 is 5.97 Å². The number of hydrogen-bond donors (Lipinski definition) is 2. The molecule has 5 nitrogen and oxygen atoms in total. The average Bonchev–Trinajstić information content (AvgIpc) is 2.18. The lowest BCUT2D eigenvalue weighted by atomic mass is 10.0. The van der Waals surface area contributed by atoms with E-state index in [1.165, 1.54) is 11.9 Å². The summed E-state index contributed by atoms with van der Waals surface area (Å²) in [5, 5.41) is 11.3. The minimum atomic E-state index is -1.00. The second kappa shape index (κ2) is 5.38. The Morgan fingerprint density at radius 1 is 1.53 bits per heavy atom. The van der Waals surface area contributed by atoms with Crippen molar-refractivity contribution in [1.29, 1.82) is 0 Å². The molecule has 0 aromatic carbocycles. The standard InChI is InChI=1S/C10H16N2O3/c1-12(7-9(13)14)10(15)11-8-5-3-2-4-6-8/h2-3,8H,4-7H2,1H3,(H,11,15)(H,13,14). The fourth-order valence-corrected chi connectivity index (χ4v) is 1.48. The van der Waals surface area contributed by atoms with Crippen LogP contribution in [0.5, 0.6) is 0 Å². The molecule has 84 valence electrons. The number of hydrogen-bond acceptors (Lipinski definition) is 2. The SMILES string of the molecule is CN(CC(=O)O)C(=O)NC1CC=CCC1. The third-order valence-electron chi connectivity index (χ3n) is 2.32. The normalized spacial score (nSPS) is 19.7. The second-order valence-electron chi connectivity index (χ2n) is 3.68. The molecule has 0 heterocycles. The van der Waals surface area contributed by atoms with Crippen molar-refractivity contribution in [2.45, 2.75) is 25.3 Å². The number of nitrogens with zero attached hydrogens (tertiary/aromatic N) is 1. The van der Waals surface area contributed by atoms with E-state index in [-0.39, 0.29) is 18.6 Å². The summed E-state index contributed by atoms with van der Waals surface area (Å²) in [6.07, 6.45) is 6.83. The van der Waals surface area contributed by atoms with Gasteiger partial charge in [0.1, 0.15) is 6.54 Å². The molecule has 0 aromatic rings. The zero-order chi connectivity index (χ0) is 11.3. The number of rotatable bonds is 3. The zero-order valence-corrected chi connectivity index (χ0v) is 8.77. The van der Waals surface area contributed by atoms with Crippen molar-refractivity contribution in [1.82, 2.24) is 10.2 Å². The van der Waals surface area contributed by atoms with Gasteiger partial charge in [-0.25, -0.2) is 4.79 Å². The maximum absolute atomic E-state index is 11.5. The molecular weight excluding hydrogens is 196 g/mol. The molecule has 1 unspecified atom stereocenters. The molecule has 0 saturated heterocycles. The molecule has 2 N–H and O–H groups in total. The van der Waals surface area contributed by atoms with Crippen molar-refractivity contribution in [3.05, 3.63) is 12.2 Å². The van der Waals surface area contributed by atoms with Gasteiger partial charge in [-0.3, -0.25) is 4.79 Å². The summed E-state index contributed by atoms with van der Waals surface area (Å²) in [5.74, 6) is -1.00. The van der Waals surface area contributed by atoms with Gasteiger partial charge in [0, 0.05) is 13.1 Å². The highest BCUT2D eigenvalue weighted by molar-refractivity contribution is 5.79. The summed E-state index contributed by atoms with van der Waals surface area (Å²) >= 11 is 0. The highest BCUT2D eigenvalue weighted by Crippen LogP contribution is 2.10. The van der Waals surface area contributed by atoms with E-state index >= 15 is 0 Å². The van der Waals surface area contributed by atoms with Gasteiger partial charge in [0.05, 0.1) is 0 Å². The molecule has 0 bridgehead atoms. The predicted octanol–water partition coefficient (Wildman–Crippen LogP) is 0.821. The third-order valence-corrected chi connectivity index (χ3v) is 2.32. The van der Waals surface area contributed by atoms with Crippen LogP contribution < -0.4 is 5.32 Å². The summed E-state index contributed by atoms with van der Waals surface area (Å²) < 4.78 is 0. The first-order chi connectivity index (χ1) is 7.09. The number of urea groups is 1. The monoisotopic (exact) mass is 212 g/mol. The lowest BCUT2D eigenvalue weighted by Gasteiger charge is -2.23. The van der Waals surface area contributed by atoms with Crippen molar-refractivity contribution in [3.8, 4) is 0 Å². The predicted molar refractivity (Wildman–Crippen MR) is 55.6 cm³/mol. The molecule has 1 aliphatic carbocycles. The van der Waals surface area contributed by atoms with Crippen LogP contribution in [0.3, 0.4) is 0 Å². The van der Waals surface area contributed by atoms with Crippen LogP contribution >= 0.6 is 0 Å². The summed E-state index contributed by atoms with van der Waals surface area (Å²) in [5.41, 5.74) is 0. The van der Waals surface area contributed by atoms with Gasteiger partial charge in [-0.05, 0) is 19.3 Å². The van der Waals surface area contributed by atoms with Gasteiger partial charge in [-0.2, -0.15) is 0 Å². The molecule has 1 rings (SSSR count). The summed E-state index contributed by atoms with van der Waals surface area (Å²) in [6.45, 7) is -0.269. The topological polar surface area (TPSA) is 69.6 Å². The van der Waals surface area contributed by atoms with Crippen LogP contribution in [0.1, 0.15) is 19.3 Å². The van der Waals surface area contributed by atoms with E-state index in [0.717, 1.165) is 19.3 Å². The van der Waals surface area contributed by atoms with Gasteiger partial charge in [-0.1, -0.05) is 12.2 Å². The molecule has 0 spiro atoms. The number of allylic oxidation sites excluding steroid dienone is 1. The van der Waals surface area contributed by atoms with Crippen molar-refractivity contribution < 1.29 is 14.7 Å². The van der Waals surface area contributed by atoms with E-state index in [2.05, 4.69) is 11.4 Å². The number of nitrogens with one attached hydrogen (secondary N) is 1. The van der Waals surface area contributed by atoms with Gasteiger partial charge in [0.15, 0.2) is 0 Å². The smallest absolute Gasteiger partial charge is 0.323 e. The number of carbonyl (C=O) groups excluding carboxylic acids is 1. The largest absolute Gasteiger partial charge is 0.480 e. The van der Waals surface area contributed by atoms with E-state index in [4.69, 9.17) is 5.11 Å². The Labute approximate surface area is 88.8 Å². The molecule has 0 aliphatic heterocycles. The number of carbonyl (C=O) groups is 2. The maximum atomic E-state index is 11.5. The molecule has 1 aliphatic rings. The number of likely N-dealkylation sites (N-methyl/N-ethyl adjacent to an activating group) is 1. The number of carboxylic acids is 1. The van der Waals surface area contributed by atoms with Crippen LogP contribution in [-0.4, -0.2) is 41.6 Å². The molecule has 0 fully saturated rings. The van der Waals surface area contributed by atoms with Gasteiger partial charge in [0.25, 0.3) is 0 Å². The number of amides is 2. The van der Waals surface area contributed by atoms with E-state index in [0.29, 0.717) is 0 Å². The quantitative estimate of drug-likeness (QED) is 0.680. The Morgan fingerprint density at radius 3 is 2.80 bits per heavy atom. The molecule has 15 heavy (non-hydrogen) atoms. The highest BCUT2D eigenvalue weighted by atomic mass is 16.4. The highest BCUT2D eigenvalue weighted by Gasteiger charge is 2.16. The van der Waals surface area contributed by atoms with Crippen molar-refractivity contribution in [2.24, 2.45) is 0 Å². The third kappa shape index (κ3) is 4.01. The Bertz CT molecular complexity index is 276. The molecule has 1 atom stereocenters. The Kier molecular flexibility index (Phi) is 4.15. The van der Waals surface area contributed by atoms with Gasteiger partial charge < -0.3 is 15.3 Å². The fourth-order valence-electron chi connectivity index (χ4n) is 1.48. The zero-order valence-electron chi connectivity index (χ0n) is 8.77. The van der Waals surface area contributed by atoms with Crippen molar-refractivity contribution in [2.75, 3.05) is 13.6 Å². The van der Waals surface area contributed by atoms with E-state index in [9.17, 15) is 9.59 Å². The van der Waals surface area contributed by atoms with Crippen LogP contribution in [0.15, 0.2) is 12.2 Å². The lowest BCUT2D eigenvalue weighted by molar-refractivity contribution is -0.137. The molecule has 0 aromatic heterocycles. The first-order valence-electron chi connectivity index (χ1n) is 4.98. The summed E-state index contributed by atoms with van der Waals surface area (Å²) in [7, 11) is 1.47. The maximum Gasteiger partial charge on any atom is 0.323 e. The molecular formula is C10H16N2O3. The second-order valence-corrected chi connectivity index (χ2v) is 3.68. The summed E-state index contributed by atoms with van der Waals surface area (Å²) in [6, 6.07) is -0.184. The minimum Gasteiger partial charge on any atom is -0.480 e. The van der Waals surface area contributed by atoms with Gasteiger partial charge in [-0.15, -0.1) is 0 Å². The Balaban J connectivity index is 2.34.